The summed E-state index contributed by atoms with van der Waals surface area (Å²) in [4.78, 5) is 0. The Hall–Kier alpha value is -1.26. The standard InChI is InChI=1S/C14H24N2O2/c1-5-10(9-16-2)14(15)12-7-6-11(17-3)8-13(12)18-4/h6-8,10,14,16H,5,9,15H2,1-4H3. The highest BCUT2D eigenvalue weighted by Crippen LogP contribution is 2.32. The molecular weight excluding hydrogens is 228 g/mol. The summed E-state index contributed by atoms with van der Waals surface area (Å²) in [6.45, 7) is 3.05. The number of hydrogen-bond donors (Lipinski definition) is 2. The highest BCUT2D eigenvalue weighted by atomic mass is 16.5. The van der Waals surface area contributed by atoms with Crippen LogP contribution in [0.4, 0.5) is 0 Å². The van der Waals surface area contributed by atoms with Crippen LogP contribution in [-0.4, -0.2) is 27.8 Å². The van der Waals surface area contributed by atoms with Crippen LogP contribution in [0.5, 0.6) is 11.5 Å². The molecule has 1 rings (SSSR count). The van der Waals surface area contributed by atoms with Gasteiger partial charge in [0.15, 0.2) is 0 Å². The molecule has 0 radical (unpaired) electrons. The summed E-state index contributed by atoms with van der Waals surface area (Å²) in [5.41, 5.74) is 7.37. The number of ether oxygens (including phenoxy) is 2. The number of nitrogens with one attached hydrogen (secondary N) is 1. The Labute approximate surface area is 109 Å². The van der Waals surface area contributed by atoms with Crippen molar-refractivity contribution in [3.05, 3.63) is 23.8 Å². The zero-order valence-electron chi connectivity index (χ0n) is 11.7. The van der Waals surface area contributed by atoms with E-state index >= 15 is 0 Å². The van der Waals surface area contributed by atoms with Gasteiger partial charge < -0.3 is 20.5 Å². The smallest absolute Gasteiger partial charge is 0.127 e. The fraction of sp³-hybridized carbons (Fsp3) is 0.571. The molecule has 0 amide bonds. The van der Waals surface area contributed by atoms with Gasteiger partial charge in [0.05, 0.1) is 14.2 Å². The normalized spacial score (nSPS) is 14.1. The molecule has 18 heavy (non-hydrogen) atoms. The Balaban J connectivity index is 2.99. The van der Waals surface area contributed by atoms with Gasteiger partial charge >= 0.3 is 0 Å². The second-order valence-electron chi connectivity index (χ2n) is 4.36. The summed E-state index contributed by atoms with van der Waals surface area (Å²) in [5, 5.41) is 3.18. The lowest BCUT2D eigenvalue weighted by Gasteiger charge is -2.24. The lowest BCUT2D eigenvalue weighted by molar-refractivity contribution is 0.365. The van der Waals surface area contributed by atoms with Crippen LogP contribution in [0, 0.1) is 5.92 Å². The SMILES string of the molecule is CCC(CNC)C(N)c1ccc(OC)cc1OC. The molecule has 0 saturated heterocycles. The van der Waals surface area contributed by atoms with E-state index in [1.54, 1.807) is 14.2 Å². The molecule has 0 aliphatic rings. The van der Waals surface area contributed by atoms with Gasteiger partial charge in [0.2, 0.25) is 0 Å². The first-order chi connectivity index (χ1) is 8.67. The topological polar surface area (TPSA) is 56.5 Å². The minimum Gasteiger partial charge on any atom is -0.497 e. The van der Waals surface area contributed by atoms with E-state index in [0.29, 0.717) is 5.92 Å². The lowest BCUT2D eigenvalue weighted by Crippen LogP contribution is -2.29. The van der Waals surface area contributed by atoms with Gasteiger partial charge in [-0.1, -0.05) is 19.4 Å². The van der Waals surface area contributed by atoms with E-state index in [9.17, 15) is 0 Å². The van der Waals surface area contributed by atoms with Gasteiger partial charge in [0, 0.05) is 17.7 Å². The van der Waals surface area contributed by atoms with Crippen molar-refractivity contribution >= 4 is 0 Å². The van der Waals surface area contributed by atoms with E-state index in [1.165, 1.54) is 0 Å². The fourth-order valence-corrected chi connectivity index (χ4v) is 2.14. The van der Waals surface area contributed by atoms with E-state index in [0.717, 1.165) is 30.0 Å². The molecule has 4 nitrogen and oxygen atoms in total. The van der Waals surface area contributed by atoms with Crippen molar-refractivity contribution in [1.82, 2.24) is 5.32 Å². The van der Waals surface area contributed by atoms with E-state index in [1.807, 2.05) is 25.2 Å². The average molecular weight is 252 g/mol. The minimum absolute atomic E-state index is 0.0386. The second-order valence-corrected chi connectivity index (χ2v) is 4.36. The van der Waals surface area contributed by atoms with Crippen molar-refractivity contribution in [3.63, 3.8) is 0 Å². The molecule has 0 heterocycles. The van der Waals surface area contributed by atoms with Crippen LogP contribution in [0.15, 0.2) is 18.2 Å². The Morgan fingerprint density at radius 1 is 1.28 bits per heavy atom. The van der Waals surface area contributed by atoms with E-state index in [-0.39, 0.29) is 6.04 Å². The van der Waals surface area contributed by atoms with Gasteiger partial charge in [-0.3, -0.25) is 0 Å². The first-order valence-electron chi connectivity index (χ1n) is 6.30. The third-order valence-corrected chi connectivity index (χ3v) is 3.30. The molecule has 0 saturated carbocycles. The van der Waals surface area contributed by atoms with Crippen molar-refractivity contribution in [1.29, 1.82) is 0 Å². The third kappa shape index (κ3) is 3.37. The molecule has 0 spiro atoms. The molecule has 0 aliphatic heterocycles. The maximum atomic E-state index is 6.34. The van der Waals surface area contributed by atoms with E-state index < -0.39 is 0 Å². The monoisotopic (exact) mass is 252 g/mol. The van der Waals surface area contributed by atoms with Crippen LogP contribution in [0.2, 0.25) is 0 Å². The average Bonchev–Trinajstić information content (AvgIpc) is 2.43. The van der Waals surface area contributed by atoms with Gasteiger partial charge in [-0.05, 0) is 25.6 Å². The number of benzene rings is 1. The Bertz CT molecular complexity index is 369. The number of hydrogen-bond acceptors (Lipinski definition) is 4. The van der Waals surface area contributed by atoms with Crippen molar-refractivity contribution in [2.45, 2.75) is 19.4 Å². The number of methoxy groups -OCH3 is 2. The molecule has 4 heteroatoms. The van der Waals surface area contributed by atoms with Crippen LogP contribution >= 0.6 is 0 Å². The Kier molecular flexibility index (Phi) is 5.95. The molecule has 1 aromatic carbocycles. The predicted octanol–water partition coefficient (Wildman–Crippen LogP) is 1.95. The quantitative estimate of drug-likeness (QED) is 0.779. The summed E-state index contributed by atoms with van der Waals surface area (Å²) in [5.74, 6) is 1.96. The first kappa shape index (κ1) is 14.8. The molecule has 1 aromatic rings. The van der Waals surface area contributed by atoms with Crippen molar-refractivity contribution in [2.24, 2.45) is 11.7 Å². The largest absolute Gasteiger partial charge is 0.497 e. The molecule has 0 fully saturated rings. The molecule has 3 N–H and O–H groups in total. The van der Waals surface area contributed by atoms with Crippen LogP contribution in [0.1, 0.15) is 24.9 Å². The predicted molar refractivity (Wildman–Crippen MR) is 74.2 cm³/mol. The molecule has 102 valence electrons. The molecule has 2 atom stereocenters. The number of rotatable bonds is 7. The summed E-state index contributed by atoms with van der Waals surface area (Å²) >= 11 is 0. The van der Waals surface area contributed by atoms with Crippen molar-refractivity contribution in [2.75, 3.05) is 27.8 Å². The lowest BCUT2D eigenvalue weighted by atomic mass is 9.91. The molecule has 0 aliphatic carbocycles. The summed E-state index contributed by atoms with van der Waals surface area (Å²) in [6, 6.07) is 5.74. The summed E-state index contributed by atoms with van der Waals surface area (Å²) in [7, 11) is 5.24. The van der Waals surface area contributed by atoms with Gasteiger partial charge in [-0.2, -0.15) is 0 Å². The second kappa shape index (κ2) is 7.24. The maximum absolute atomic E-state index is 6.34. The zero-order valence-corrected chi connectivity index (χ0v) is 11.7. The fourth-order valence-electron chi connectivity index (χ4n) is 2.14. The van der Waals surface area contributed by atoms with Crippen LogP contribution < -0.4 is 20.5 Å². The molecule has 2 unspecified atom stereocenters. The van der Waals surface area contributed by atoms with Crippen LogP contribution in [-0.2, 0) is 0 Å². The van der Waals surface area contributed by atoms with Gasteiger partial charge in [0.1, 0.15) is 11.5 Å². The highest BCUT2D eigenvalue weighted by molar-refractivity contribution is 5.42. The molecular formula is C14H24N2O2. The van der Waals surface area contributed by atoms with Gasteiger partial charge in [-0.25, -0.2) is 0 Å². The Morgan fingerprint density at radius 3 is 2.50 bits per heavy atom. The van der Waals surface area contributed by atoms with Crippen LogP contribution in [0.3, 0.4) is 0 Å². The zero-order chi connectivity index (χ0) is 13.5. The van der Waals surface area contributed by atoms with E-state index in [2.05, 4.69) is 12.2 Å². The first-order valence-corrected chi connectivity index (χ1v) is 6.30. The maximum Gasteiger partial charge on any atom is 0.127 e. The summed E-state index contributed by atoms with van der Waals surface area (Å²) < 4.78 is 10.6. The third-order valence-electron chi connectivity index (χ3n) is 3.30. The van der Waals surface area contributed by atoms with E-state index in [4.69, 9.17) is 15.2 Å². The van der Waals surface area contributed by atoms with Gasteiger partial charge in [-0.15, -0.1) is 0 Å². The number of nitrogens with two attached hydrogens (primary N) is 1. The highest BCUT2D eigenvalue weighted by Gasteiger charge is 2.20. The molecule has 0 aromatic heterocycles. The van der Waals surface area contributed by atoms with Gasteiger partial charge in [0.25, 0.3) is 0 Å². The van der Waals surface area contributed by atoms with Crippen molar-refractivity contribution in [3.8, 4) is 11.5 Å². The summed E-state index contributed by atoms with van der Waals surface area (Å²) in [6.07, 6.45) is 1.02. The van der Waals surface area contributed by atoms with Crippen molar-refractivity contribution < 1.29 is 9.47 Å². The molecule has 0 bridgehead atoms. The van der Waals surface area contributed by atoms with Crippen LogP contribution in [0.25, 0.3) is 0 Å². The Morgan fingerprint density at radius 2 is 2.00 bits per heavy atom. The minimum atomic E-state index is -0.0386.